The predicted octanol–water partition coefficient (Wildman–Crippen LogP) is 3.20. The van der Waals surface area contributed by atoms with Crippen LogP contribution in [-0.2, 0) is 0 Å². The van der Waals surface area contributed by atoms with E-state index in [4.69, 9.17) is 9.47 Å². The molecule has 1 atom stereocenters. The maximum Gasteiger partial charge on any atom is 0.182 e. The number of piperidine rings is 1. The molecule has 21 heavy (non-hydrogen) atoms. The second-order valence-electron chi connectivity index (χ2n) is 5.57. The van der Waals surface area contributed by atoms with Crippen LogP contribution in [0.5, 0.6) is 11.5 Å². The van der Waals surface area contributed by atoms with Crippen molar-refractivity contribution < 1.29 is 14.3 Å². The SMILES string of the molecule is CCOc1ccc(C(=O)C2(C)CCCCN2)cc1OCC. The molecule has 116 valence electrons. The van der Waals surface area contributed by atoms with Crippen LogP contribution in [-0.4, -0.2) is 31.1 Å². The summed E-state index contributed by atoms with van der Waals surface area (Å²) < 4.78 is 11.1. The van der Waals surface area contributed by atoms with Crippen LogP contribution in [0.3, 0.4) is 0 Å². The van der Waals surface area contributed by atoms with E-state index < -0.39 is 5.54 Å². The Morgan fingerprint density at radius 2 is 1.90 bits per heavy atom. The molecule has 1 aliphatic heterocycles. The van der Waals surface area contributed by atoms with Crippen molar-refractivity contribution in [2.24, 2.45) is 0 Å². The normalized spacial score (nSPS) is 21.9. The van der Waals surface area contributed by atoms with Crippen LogP contribution in [0, 0.1) is 0 Å². The molecule has 1 fully saturated rings. The number of hydrogen-bond donors (Lipinski definition) is 1. The van der Waals surface area contributed by atoms with Crippen LogP contribution < -0.4 is 14.8 Å². The fourth-order valence-electron chi connectivity index (χ4n) is 2.76. The first-order chi connectivity index (χ1) is 10.1. The highest BCUT2D eigenvalue weighted by Crippen LogP contribution is 2.31. The van der Waals surface area contributed by atoms with Crippen LogP contribution >= 0.6 is 0 Å². The van der Waals surface area contributed by atoms with Gasteiger partial charge in [-0.05, 0) is 64.8 Å². The summed E-state index contributed by atoms with van der Waals surface area (Å²) >= 11 is 0. The lowest BCUT2D eigenvalue weighted by atomic mass is 9.84. The molecule has 2 rings (SSSR count). The lowest BCUT2D eigenvalue weighted by Gasteiger charge is -2.33. The lowest BCUT2D eigenvalue weighted by Crippen LogP contribution is -2.52. The highest BCUT2D eigenvalue weighted by Gasteiger charge is 2.35. The lowest BCUT2D eigenvalue weighted by molar-refractivity contribution is 0.0834. The van der Waals surface area contributed by atoms with Gasteiger partial charge in [0.15, 0.2) is 17.3 Å². The summed E-state index contributed by atoms with van der Waals surface area (Å²) in [6.07, 6.45) is 3.10. The average Bonchev–Trinajstić information content (AvgIpc) is 2.49. The Morgan fingerprint density at radius 1 is 1.19 bits per heavy atom. The number of ketones is 1. The van der Waals surface area contributed by atoms with Crippen LogP contribution in [0.4, 0.5) is 0 Å². The van der Waals surface area contributed by atoms with E-state index in [-0.39, 0.29) is 5.78 Å². The van der Waals surface area contributed by atoms with Gasteiger partial charge in [-0.1, -0.05) is 0 Å². The third-order valence-corrected chi connectivity index (χ3v) is 3.93. The molecule has 4 nitrogen and oxygen atoms in total. The number of carbonyl (C=O) groups excluding carboxylic acids is 1. The summed E-state index contributed by atoms with van der Waals surface area (Å²) in [6.45, 7) is 7.87. The molecule has 1 unspecified atom stereocenters. The third-order valence-electron chi connectivity index (χ3n) is 3.93. The minimum Gasteiger partial charge on any atom is -0.490 e. The van der Waals surface area contributed by atoms with Crippen molar-refractivity contribution in [2.45, 2.75) is 45.6 Å². The molecule has 0 radical (unpaired) electrons. The molecule has 0 spiro atoms. The maximum atomic E-state index is 12.8. The fourth-order valence-corrected chi connectivity index (χ4v) is 2.76. The van der Waals surface area contributed by atoms with Gasteiger partial charge < -0.3 is 14.8 Å². The van der Waals surface area contributed by atoms with Gasteiger partial charge in [-0.3, -0.25) is 4.79 Å². The molecule has 4 heteroatoms. The summed E-state index contributed by atoms with van der Waals surface area (Å²) in [4.78, 5) is 12.8. The Morgan fingerprint density at radius 3 is 2.52 bits per heavy atom. The van der Waals surface area contributed by atoms with Crippen molar-refractivity contribution in [1.82, 2.24) is 5.32 Å². The van der Waals surface area contributed by atoms with E-state index in [0.29, 0.717) is 30.3 Å². The van der Waals surface area contributed by atoms with E-state index in [1.807, 2.05) is 32.9 Å². The van der Waals surface area contributed by atoms with Crippen molar-refractivity contribution in [1.29, 1.82) is 0 Å². The van der Waals surface area contributed by atoms with E-state index in [2.05, 4.69) is 5.32 Å². The van der Waals surface area contributed by atoms with E-state index in [0.717, 1.165) is 25.8 Å². The molecular formula is C17H25NO3. The number of rotatable bonds is 6. The minimum absolute atomic E-state index is 0.131. The first-order valence-corrected chi connectivity index (χ1v) is 7.80. The Labute approximate surface area is 126 Å². The molecule has 0 aliphatic carbocycles. The molecule has 0 saturated carbocycles. The van der Waals surface area contributed by atoms with Gasteiger partial charge in [0.05, 0.1) is 18.8 Å². The van der Waals surface area contributed by atoms with Gasteiger partial charge in [-0.2, -0.15) is 0 Å². The Kier molecular flexibility index (Phi) is 5.23. The zero-order chi connectivity index (χ0) is 15.3. The number of benzene rings is 1. The molecule has 0 aromatic heterocycles. The van der Waals surface area contributed by atoms with E-state index >= 15 is 0 Å². The molecule has 1 aliphatic rings. The largest absolute Gasteiger partial charge is 0.490 e. The standard InChI is InChI=1S/C17H25NO3/c1-4-20-14-9-8-13(12-15(14)21-5-2)16(19)17(3)10-6-7-11-18-17/h8-9,12,18H,4-7,10-11H2,1-3H3. The summed E-state index contributed by atoms with van der Waals surface area (Å²) in [6, 6.07) is 5.46. The average molecular weight is 291 g/mol. The molecule has 1 N–H and O–H groups in total. The summed E-state index contributed by atoms with van der Waals surface area (Å²) in [5, 5.41) is 3.36. The van der Waals surface area contributed by atoms with E-state index in [1.165, 1.54) is 0 Å². The van der Waals surface area contributed by atoms with Crippen LogP contribution in [0.25, 0.3) is 0 Å². The summed E-state index contributed by atoms with van der Waals surface area (Å²) in [7, 11) is 0. The first-order valence-electron chi connectivity index (χ1n) is 7.80. The number of nitrogens with one attached hydrogen (secondary N) is 1. The minimum atomic E-state index is -0.463. The molecule has 1 saturated heterocycles. The van der Waals surface area contributed by atoms with Crippen molar-refractivity contribution in [3.63, 3.8) is 0 Å². The first kappa shape index (κ1) is 15.8. The number of carbonyl (C=O) groups is 1. The third kappa shape index (κ3) is 3.56. The highest BCUT2D eigenvalue weighted by atomic mass is 16.5. The zero-order valence-electron chi connectivity index (χ0n) is 13.2. The van der Waals surface area contributed by atoms with Crippen molar-refractivity contribution in [3.8, 4) is 11.5 Å². The van der Waals surface area contributed by atoms with Gasteiger partial charge in [0.2, 0.25) is 0 Å². The monoisotopic (exact) mass is 291 g/mol. The fraction of sp³-hybridized carbons (Fsp3) is 0.588. The predicted molar refractivity (Wildman–Crippen MR) is 83.4 cm³/mol. The molecular weight excluding hydrogens is 266 g/mol. The Hall–Kier alpha value is -1.55. The highest BCUT2D eigenvalue weighted by molar-refractivity contribution is 6.03. The quantitative estimate of drug-likeness (QED) is 0.818. The van der Waals surface area contributed by atoms with Crippen molar-refractivity contribution in [2.75, 3.05) is 19.8 Å². The topological polar surface area (TPSA) is 47.6 Å². The number of ether oxygens (including phenoxy) is 2. The number of hydrogen-bond acceptors (Lipinski definition) is 4. The smallest absolute Gasteiger partial charge is 0.182 e. The van der Waals surface area contributed by atoms with Gasteiger partial charge in [0.25, 0.3) is 0 Å². The van der Waals surface area contributed by atoms with E-state index in [1.54, 1.807) is 6.07 Å². The molecule has 1 heterocycles. The van der Waals surface area contributed by atoms with Gasteiger partial charge >= 0.3 is 0 Å². The zero-order valence-corrected chi connectivity index (χ0v) is 13.2. The Bertz CT molecular complexity index is 493. The van der Waals surface area contributed by atoms with Gasteiger partial charge in [0.1, 0.15) is 0 Å². The second kappa shape index (κ2) is 6.94. The summed E-state index contributed by atoms with van der Waals surface area (Å²) in [5.74, 6) is 1.47. The second-order valence-corrected chi connectivity index (χ2v) is 5.57. The molecule has 0 bridgehead atoms. The van der Waals surface area contributed by atoms with Gasteiger partial charge in [-0.15, -0.1) is 0 Å². The number of Topliss-reactive ketones (excluding diaryl/α,β-unsaturated/α-hetero) is 1. The van der Waals surface area contributed by atoms with Gasteiger partial charge in [-0.25, -0.2) is 0 Å². The summed E-state index contributed by atoms with van der Waals surface area (Å²) in [5.41, 5.74) is 0.216. The van der Waals surface area contributed by atoms with Crippen molar-refractivity contribution >= 4 is 5.78 Å². The van der Waals surface area contributed by atoms with E-state index in [9.17, 15) is 4.79 Å². The van der Waals surface area contributed by atoms with Gasteiger partial charge in [0, 0.05) is 5.56 Å². The molecule has 1 aromatic rings. The van der Waals surface area contributed by atoms with Crippen molar-refractivity contribution in [3.05, 3.63) is 23.8 Å². The maximum absolute atomic E-state index is 12.8. The molecule has 0 amide bonds. The van der Waals surface area contributed by atoms with Crippen LogP contribution in [0.2, 0.25) is 0 Å². The Balaban J connectivity index is 2.26. The van der Waals surface area contributed by atoms with Crippen LogP contribution in [0.15, 0.2) is 18.2 Å². The molecule has 1 aromatic carbocycles. The van der Waals surface area contributed by atoms with Crippen LogP contribution in [0.1, 0.15) is 50.4 Å².